The first-order valence-corrected chi connectivity index (χ1v) is 7.51. The van der Waals surface area contributed by atoms with Gasteiger partial charge in [0.25, 0.3) is 0 Å². The molecule has 3 rings (SSSR count). The first-order valence-electron chi connectivity index (χ1n) is 7.51. The van der Waals surface area contributed by atoms with Gasteiger partial charge in [0.1, 0.15) is 12.7 Å². The summed E-state index contributed by atoms with van der Waals surface area (Å²) >= 11 is 0. The van der Waals surface area contributed by atoms with Gasteiger partial charge in [0.15, 0.2) is 11.5 Å². The van der Waals surface area contributed by atoms with E-state index < -0.39 is 0 Å². The summed E-state index contributed by atoms with van der Waals surface area (Å²) in [6.45, 7) is 1.36. The number of fused-ring (bicyclic) bond motifs is 1. The zero-order chi connectivity index (χ0) is 13.9. The predicted molar refractivity (Wildman–Crippen MR) is 77.2 cm³/mol. The van der Waals surface area contributed by atoms with Crippen LogP contribution in [0.1, 0.15) is 25.7 Å². The van der Waals surface area contributed by atoms with Crippen molar-refractivity contribution in [3.63, 3.8) is 0 Å². The second kappa shape index (κ2) is 6.02. The minimum Gasteiger partial charge on any atom is -0.486 e. The van der Waals surface area contributed by atoms with E-state index in [2.05, 4.69) is 11.9 Å². The predicted octanol–water partition coefficient (Wildman–Crippen LogP) is 2.06. The minimum absolute atomic E-state index is 0.0315. The van der Waals surface area contributed by atoms with Gasteiger partial charge < -0.3 is 14.6 Å². The Bertz CT molecular complexity index is 451. The summed E-state index contributed by atoms with van der Waals surface area (Å²) in [5.41, 5.74) is 0. The molecular weight excluding hydrogens is 254 g/mol. The van der Waals surface area contributed by atoms with Crippen LogP contribution in [0.25, 0.3) is 0 Å². The molecule has 2 aliphatic rings. The Hall–Kier alpha value is -1.26. The molecule has 4 nitrogen and oxygen atoms in total. The average Bonchev–Trinajstić information content (AvgIpc) is 2.47. The van der Waals surface area contributed by atoms with Gasteiger partial charge in [-0.15, -0.1) is 0 Å². The maximum Gasteiger partial charge on any atom is 0.161 e. The van der Waals surface area contributed by atoms with E-state index in [4.69, 9.17) is 9.47 Å². The fourth-order valence-electron chi connectivity index (χ4n) is 3.22. The van der Waals surface area contributed by atoms with Gasteiger partial charge in [0, 0.05) is 12.6 Å². The lowest BCUT2D eigenvalue weighted by molar-refractivity contribution is 0.000703. The van der Waals surface area contributed by atoms with Gasteiger partial charge in [-0.2, -0.15) is 0 Å². The highest BCUT2D eigenvalue weighted by molar-refractivity contribution is 5.40. The van der Waals surface area contributed by atoms with Gasteiger partial charge in [-0.05, 0) is 32.0 Å². The number of nitrogens with zero attached hydrogens (tertiary/aromatic N) is 1. The van der Waals surface area contributed by atoms with E-state index in [1.807, 2.05) is 24.3 Å². The van der Waals surface area contributed by atoms with Gasteiger partial charge in [-0.3, -0.25) is 4.90 Å². The molecule has 20 heavy (non-hydrogen) atoms. The van der Waals surface area contributed by atoms with Crippen molar-refractivity contribution < 1.29 is 14.6 Å². The number of benzene rings is 1. The molecule has 1 heterocycles. The van der Waals surface area contributed by atoms with Crippen molar-refractivity contribution in [2.45, 2.75) is 43.9 Å². The van der Waals surface area contributed by atoms with E-state index in [1.165, 1.54) is 6.42 Å². The maximum atomic E-state index is 10.1. The van der Waals surface area contributed by atoms with Crippen molar-refractivity contribution in [2.24, 2.45) is 0 Å². The van der Waals surface area contributed by atoms with Crippen LogP contribution in [0.5, 0.6) is 11.5 Å². The van der Waals surface area contributed by atoms with E-state index >= 15 is 0 Å². The third kappa shape index (κ3) is 2.91. The number of aliphatic hydroxyl groups is 1. The van der Waals surface area contributed by atoms with Crippen LogP contribution in [0.3, 0.4) is 0 Å². The number of hydrogen-bond acceptors (Lipinski definition) is 4. The van der Waals surface area contributed by atoms with Crippen LogP contribution in [-0.4, -0.2) is 48.5 Å². The van der Waals surface area contributed by atoms with Crippen molar-refractivity contribution in [3.8, 4) is 11.5 Å². The van der Waals surface area contributed by atoms with Crippen LogP contribution in [0.4, 0.5) is 0 Å². The number of hydrogen-bond donors (Lipinski definition) is 1. The summed E-state index contributed by atoms with van der Waals surface area (Å²) in [4.78, 5) is 2.23. The lowest BCUT2D eigenvalue weighted by Crippen LogP contribution is -2.48. The average molecular weight is 277 g/mol. The van der Waals surface area contributed by atoms with Crippen molar-refractivity contribution in [1.82, 2.24) is 4.90 Å². The van der Waals surface area contributed by atoms with Crippen LogP contribution in [-0.2, 0) is 0 Å². The molecule has 0 bridgehead atoms. The minimum atomic E-state index is -0.203. The second-order valence-corrected chi connectivity index (χ2v) is 5.86. The lowest BCUT2D eigenvalue weighted by atomic mass is 9.91. The van der Waals surface area contributed by atoms with Crippen LogP contribution in [0.2, 0.25) is 0 Å². The zero-order valence-corrected chi connectivity index (χ0v) is 12.0. The van der Waals surface area contributed by atoms with E-state index in [1.54, 1.807) is 0 Å². The molecular formula is C16H23NO3. The van der Waals surface area contributed by atoms with Gasteiger partial charge >= 0.3 is 0 Å². The Labute approximate surface area is 120 Å². The van der Waals surface area contributed by atoms with E-state index in [9.17, 15) is 5.11 Å². The van der Waals surface area contributed by atoms with Gasteiger partial charge in [0.2, 0.25) is 0 Å². The molecule has 0 aromatic heterocycles. The molecule has 1 fully saturated rings. The highest BCUT2D eigenvalue weighted by atomic mass is 16.6. The monoisotopic (exact) mass is 277 g/mol. The number of ether oxygens (including phenoxy) is 2. The van der Waals surface area contributed by atoms with Gasteiger partial charge in [-0.25, -0.2) is 0 Å². The highest BCUT2D eigenvalue weighted by Gasteiger charge is 2.30. The standard InChI is InChI=1S/C16H23NO3/c1-17(13-6-2-3-7-14(13)18)10-12-11-19-15-8-4-5-9-16(15)20-12/h4-5,8-9,12-14,18H,2-3,6-7,10-11H2,1H3. The SMILES string of the molecule is CN(CC1COc2ccccc2O1)C1CCCCC1O. The molecule has 0 saturated heterocycles. The number of para-hydroxylation sites is 2. The van der Waals surface area contributed by atoms with Crippen molar-refractivity contribution >= 4 is 0 Å². The topological polar surface area (TPSA) is 41.9 Å². The first kappa shape index (κ1) is 13.7. The highest BCUT2D eigenvalue weighted by Crippen LogP contribution is 2.31. The summed E-state index contributed by atoms with van der Waals surface area (Å²) < 4.78 is 11.7. The van der Waals surface area contributed by atoms with Crippen molar-refractivity contribution in [3.05, 3.63) is 24.3 Å². The molecule has 1 aromatic carbocycles. The van der Waals surface area contributed by atoms with Crippen LogP contribution < -0.4 is 9.47 Å². The summed E-state index contributed by atoms with van der Waals surface area (Å²) in [7, 11) is 2.07. The molecule has 1 saturated carbocycles. The Morgan fingerprint density at radius 1 is 1.20 bits per heavy atom. The van der Waals surface area contributed by atoms with E-state index in [0.29, 0.717) is 6.61 Å². The fraction of sp³-hybridized carbons (Fsp3) is 0.625. The number of rotatable bonds is 3. The van der Waals surface area contributed by atoms with Gasteiger partial charge in [0.05, 0.1) is 6.10 Å². The normalized spacial score (nSPS) is 29.4. The van der Waals surface area contributed by atoms with E-state index in [-0.39, 0.29) is 18.2 Å². The van der Waals surface area contributed by atoms with Gasteiger partial charge in [-0.1, -0.05) is 25.0 Å². The summed E-state index contributed by atoms with van der Waals surface area (Å²) in [6, 6.07) is 8.04. The summed E-state index contributed by atoms with van der Waals surface area (Å²) in [5.74, 6) is 1.64. The largest absolute Gasteiger partial charge is 0.486 e. The number of likely N-dealkylation sites (N-methyl/N-ethyl adjacent to an activating group) is 1. The molecule has 1 N–H and O–H groups in total. The molecule has 4 heteroatoms. The quantitative estimate of drug-likeness (QED) is 0.918. The van der Waals surface area contributed by atoms with Crippen LogP contribution in [0.15, 0.2) is 24.3 Å². The Morgan fingerprint density at radius 2 is 1.95 bits per heavy atom. The smallest absolute Gasteiger partial charge is 0.161 e. The first-order chi connectivity index (χ1) is 9.74. The molecule has 0 spiro atoms. The fourth-order valence-corrected chi connectivity index (χ4v) is 3.22. The Morgan fingerprint density at radius 3 is 2.75 bits per heavy atom. The summed E-state index contributed by atoms with van der Waals surface area (Å²) in [5, 5.41) is 10.1. The Kier molecular flexibility index (Phi) is 4.13. The van der Waals surface area contributed by atoms with E-state index in [0.717, 1.165) is 37.3 Å². The third-order valence-electron chi connectivity index (χ3n) is 4.32. The maximum absolute atomic E-state index is 10.1. The van der Waals surface area contributed by atoms with Crippen LogP contribution >= 0.6 is 0 Å². The molecule has 3 atom stereocenters. The molecule has 3 unspecified atom stereocenters. The third-order valence-corrected chi connectivity index (χ3v) is 4.32. The molecule has 1 aromatic rings. The lowest BCUT2D eigenvalue weighted by Gasteiger charge is -2.37. The molecule has 0 amide bonds. The Balaban J connectivity index is 1.59. The van der Waals surface area contributed by atoms with Crippen molar-refractivity contribution in [2.75, 3.05) is 20.2 Å². The molecule has 110 valence electrons. The molecule has 1 aliphatic heterocycles. The molecule has 0 radical (unpaired) electrons. The summed E-state index contributed by atoms with van der Waals surface area (Å²) in [6.07, 6.45) is 4.16. The van der Waals surface area contributed by atoms with Crippen LogP contribution in [0, 0.1) is 0 Å². The number of aliphatic hydroxyl groups excluding tert-OH is 1. The second-order valence-electron chi connectivity index (χ2n) is 5.86. The molecule has 1 aliphatic carbocycles. The van der Waals surface area contributed by atoms with Crippen molar-refractivity contribution in [1.29, 1.82) is 0 Å². The zero-order valence-electron chi connectivity index (χ0n) is 12.0.